The van der Waals surface area contributed by atoms with Crippen LogP contribution in [0.15, 0.2) is 42.5 Å². The fourth-order valence-corrected chi connectivity index (χ4v) is 1.95. The normalized spacial score (nSPS) is 11.2. The Hall–Kier alpha value is -2.43. The zero-order valence-corrected chi connectivity index (χ0v) is 13.0. The molecule has 5 heteroatoms. The molecule has 22 heavy (non-hydrogen) atoms. The van der Waals surface area contributed by atoms with Crippen LogP contribution in [-0.2, 0) is 19.1 Å². The Balaban J connectivity index is 2.67. The molecule has 0 fully saturated rings. The van der Waals surface area contributed by atoms with Crippen LogP contribution < -0.4 is 0 Å². The second-order valence-corrected chi connectivity index (χ2v) is 4.98. The number of ketones is 1. The van der Waals surface area contributed by atoms with E-state index in [1.807, 2.05) is 6.07 Å². The van der Waals surface area contributed by atoms with Gasteiger partial charge in [-0.25, -0.2) is 0 Å². The Morgan fingerprint density at radius 1 is 1.00 bits per heavy atom. The third kappa shape index (κ3) is 4.28. The van der Waals surface area contributed by atoms with Gasteiger partial charge in [0.2, 0.25) is 0 Å². The highest BCUT2D eigenvalue weighted by atomic mass is 16.5. The summed E-state index contributed by atoms with van der Waals surface area (Å²) >= 11 is 0. The van der Waals surface area contributed by atoms with E-state index in [1.165, 1.54) is 21.1 Å². The molecule has 0 bridgehead atoms. The Morgan fingerprint density at radius 2 is 1.55 bits per heavy atom. The minimum Gasteiger partial charge on any atom is -0.468 e. The average Bonchev–Trinajstić information content (AvgIpc) is 2.57. The van der Waals surface area contributed by atoms with E-state index in [9.17, 15) is 14.4 Å². The second-order valence-electron chi connectivity index (χ2n) is 4.98. The number of Topliss-reactive ketones (excluding diaryl/α,β-unsaturated/α-hetero) is 1. The summed E-state index contributed by atoms with van der Waals surface area (Å²) in [6.45, 7) is 1.45. The first-order chi connectivity index (χ1) is 10.5. The molecule has 0 spiro atoms. The van der Waals surface area contributed by atoms with Crippen molar-refractivity contribution in [2.45, 2.75) is 19.8 Å². The largest absolute Gasteiger partial charge is 0.468 e. The van der Waals surface area contributed by atoms with Gasteiger partial charge >= 0.3 is 11.9 Å². The van der Waals surface area contributed by atoms with Crippen molar-refractivity contribution in [1.82, 2.24) is 0 Å². The molecule has 0 N–H and O–H groups in total. The minimum atomic E-state index is -1.41. The fourth-order valence-electron chi connectivity index (χ4n) is 1.95. The van der Waals surface area contributed by atoms with E-state index >= 15 is 0 Å². The number of hydrogen-bond donors (Lipinski definition) is 0. The standard InChI is InChI=1S/C17H20O5/c1-17(15(19)21-2,16(20)22-3)12-8-7-11-14(18)13-9-5-4-6-10-13/h4-10H,11-12H2,1-3H3/b8-7+. The van der Waals surface area contributed by atoms with Crippen LogP contribution >= 0.6 is 0 Å². The maximum Gasteiger partial charge on any atom is 0.323 e. The zero-order chi connectivity index (χ0) is 16.6. The lowest BCUT2D eigenvalue weighted by Crippen LogP contribution is -2.38. The number of esters is 2. The van der Waals surface area contributed by atoms with Crippen molar-refractivity contribution >= 4 is 17.7 Å². The van der Waals surface area contributed by atoms with E-state index < -0.39 is 17.4 Å². The molecule has 0 aliphatic heterocycles. The molecule has 118 valence electrons. The highest BCUT2D eigenvalue weighted by molar-refractivity contribution is 6.00. The van der Waals surface area contributed by atoms with E-state index in [0.29, 0.717) is 5.56 Å². The molecule has 0 unspecified atom stereocenters. The van der Waals surface area contributed by atoms with Gasteiger partial charge in [-0.3, -0.25) is 14.4 Å². The Bertz CT molecular complexity index is 544. The average molecular weight is 304 g/mol. The van der Waals surface area contributed by atoms with Gasteiger partial charge in [0, 0.05) is 12.0 Å². The van der Waals surface area contributed by atoms with Crippen molar-refractivity contribution in [2.75, 3.05) is 14.2 Å². The molecule has 0 aliphatic rings. The van der Waals surface area contributed by atoms with Gasteiger partial charge < -0.3 is 9.47 Å². The van der Waals surface area contributed by atoms with Crippen LogP contribution in [0.3, 0.4) is 0 Å². The number of hydrogen-bond acceptors (Lipinski definition) is 5. The second kappa shape index (κ2) is 8.12. The predicted octanol–water partition coefficient (Wildman–Crippen LogP) is 2.56. The van der Waals surface area contributed by atoms with E-state index in [0.717, 1.165) is 0 Å². The summed E-state index contributed by atoms with van der Waals surface area (Å²) in [5, 5.41) is 0. The van der Waals surface area contributed by atoms with Crippen molar-refractivity contribution in [3.63, 3.8) is 0 Å². The van der Waals surface area contributed by atoms with Crippen LogP contribution in [0.1, 0.15) is 30.1 Å². The summed E-state index contributed by atoms with van der Waals surface area (Å²) in [4.78, 5) is 35.4. The molecule has 0 aromatic heterocycles. The van der Waals surface area contributed by atoms with Crippen LogP contribution in [0.4, 0.5) is 0 Å². The van der Waals surface area contributed by atoms with Gasteiger partial charge in [0.25, 0.3) is 0 Å². The van der Waals surface area contributed by atoms with E-state index in [-0.39, 0.29) is 18.6 Å². The van der Waals surface area contributed by atoms with Crippen molar-refractivity contribution in [1.29, 1.82) is 0 Å². The van der Waals surface area contributed by atoms with E-state index in [1.54, 1.807) is 36.4 Å². The lowest BCUT2D eigenvalue weighted by atomic mass is 9.86. The molecule has 0 radical (unpaired) electrons. The first-order valence-electron chi connectivity index (χ1n) is 6.85. The monoisotopic (exact) mass is 304 g/mol. The van der Waals surface area contributed by atoms with Crippen molar-refractivity contribution in [3.05, 3.63) is 48.0 Å². The third-order valence-electron chi connectivity index (χ3n) is 3.36. The van der Waals surface area contributed by atoms with Gasteiger partial charge in [-0.05, 0) is 13.3 Å². The number of carbonyl (C=O) groups excluding carboxylic acids is 3. The fraction of sp³-hybridized carbons (Fsp3) is 0.353. The van der Waals surface area contributed by atoms with Gasteiger partial charge in [-0.2, -0.15) is 0 Å². The zero-order valence-electron chi connectivity index (χ0n) is 13.0. The molecule has 1 rings (SSSR count). The number of allylic oxidation sites excluding steroid dienone is 2. The quantitative estimate of drug-likeness (QED) is 0.335. The summed E-state index contributed by atoms with van der Waals surface area (Å²) in [5.41, 5.74) is -0.786. The first-order valence-corrected chi connectivity index (χ1v) is 6.85. The summed E-state index contributed by atoms with van der Waals surface area (Å²) < 4.78 is 9.29. The highest BCUT2D eigenvalue weighted by Gasteiger charge is 2.42. The highest BCUT2D eigenvalue weighted by Crippen LogP contribution is 2.25. The lowest BCUT2D eigenvalue weighted by Gasteiger charge is -2.21. The minimum absolute atomic E-state index is 0.0327. The molecule has 0 heterocycles. The summed E-state index contributed by atoms with van der Waals surface area (Å²) in [5.74, 6) is -1.37. The van der Waals surface area contributed by atoms with Crippen LogP contribution in [0.25, 0.3) is 0 Å². The Morgan fingerprint density at radius 3 is 2.05 bits per heavy atom. The molecule has 0 saturated heterocycles. The number of ether oxygens (including phenoxy) is 2. The SMILES string of the molecule is COC(=O)C(C)(C/C=C/CC(=O)c1ccccc1)C(=O)OC. The number of benzene rings is 1. The third-order valence-corrected chi connectivity index (χ3v) is 3.36. The molecular weight excluding hydrogens is 284 g/mol. The first kappa shape index (κ1) is 17.6. The van der Waals surface area contributed by atoms with Crippen LogP contribution in [0.5, 0.6) is 0 Å². The van der Waals surface area contributed by atoms with Gasteiger partial charge in [0.05, 0.1) is 14.2 Å². The lowest BCUT2D eigenvalue weighted by molar-refractivity contribution is -0.167. The van der Waals surface area contributed by atoms with Crippen LogP contribution in [0, 0.1) is 5.41 Å². The molecule has 0 atom stereocenters. The van der Waals surface area contributed by atoms with Gasteiger partial charge in [0.15, 0.2) is 11.2 Å². The molecule has 5 nitrogen and oxygen atoms in total. The van der Waals surface area contributed by atoms with E-state index in [2.05, 4.69) is 9.47 Å². The smallest absolute Gasteiger partial charge is 0.323 e. The maximum absolute atomic E-state index is 11.9. The van der Waals surface area contributed by atoms with Crippen molar-refractivity contribution < 1.29 is 23.9 Å². The number of methoxy groups -OCH3 is 2. The molecule has 1 aromatic rings. The molecule has 0 aliphatic carbocycles. The van der Waals surface area contributed by atoms with E-state index in [4.69, 9.17) is 0 Å². The van der Waals surface area contributed by atoms with Crippen molar-refractivity contribution in [2.24, 2.45) is 5.41 Å². The molecule has 1 aromatic carbocycles. The number of rotatable bonds is 7. The molecule has 0 amide bonds. The van der Waals surface area contributed by atoms with Gasteiger partial charge in [-0.15, -0.1) is 0 Å². The molecular formula is C17H20O5. The topological polar surface area (TPSA) is 69.7 Å². The van der Waals surface area contributed by atoms with Crippen molar-refractivity contribution in [3.8, 4) is 0 Å². The summed E-state index contributed by atoms with van der Waals surface area (Å²) in [6.07, 6.45) is 3.56. The van der Waals surface area contributed by atoms with Gasteiger partial charge in [0.1, 0.15) is 0 Å². The number of carbonyl (C=O) groups is 3. The summed E-state index contributed by atoms with van der Waals surface area (Å²) in [6, 6.07) is 8.90. The molecule has 0 saturated carbocycles. The predicted molar refractivity (Wildman–Crippen MR) is 81.3 cm³/mol. The Labute approximate surface area is 129 Å². The Kier molecular flexibility index (Phi) is 6.50. The van der Waals surface area contributed by atoms with Crippen LogP contribution in [0.2, 0.25) is 0 Å². The maximum atomic E-state index is 11.9. The van der Waals surface area contributed by atoms with Crippen LogP contribution in [-0.4, -0.2) is 31.9 Å². The van der Waals surface area contributed by atoms with Gasteiger partial charge in [-0.1, -0.05) is 42.5 Å². The summed E-state index contributed by atoms with van der Waals surface area (Å²) in [7, 11) is 2.43.